The van der Waals surface area contributed by atoms with Crippen molar-refractivity contribution >= 4 is 27.3 Å². The highest BCUT2D eigenvalue weighted by Crippen LogP contribution is 2.26. The van der Waals surface area contributed by atoms with E-state index in [9.17, 15) is 17.6 Å². The Morgan fingerprint density at radius 1 is 1.32 bits per heavy atom. The summed E-state index contributed by atoms with van der Waals surface area (Å²) in [6.45, 7) is 1.76. The molecule has 2 N–H and O–H groups in total. The molecule has 0 saturated heterocycles. The van der Waals surface area contributed by atoms with Gasteiger partial charge in [0.15, 0.2) is 0 Å². The largest absolute Gasteiger partial charge is 0.481 e. The summed E-state index contributed by atoms with van der Waals surface area (Å²) in [6.07, 6.45) is -0.551. The fourth-order valence-electron chi connectivity index (χ4n) is 1.95. The summed E-state index contributed by atoms with van der Waals surface area (Å²) in [5.41, 5.74) is 0.00162. The first-order valence-corrected chi connectivity index (χ1v) is 8.64. The van der Waals surface area contributed by atoms with Gasteiger partial charge in [0.2, 0.25) is 0 Å². The van der Waals surface area contributed by atoms with Gasteiger partial charge in [0.25, 0.3) is 10.0 Å². The van der Waals surface area contributed by atoms with E-state index in [2.05, 4.69) is 4.72 Å². The second-order valence-corrected chi connectivity index (χ2v) is 7.89. The first-order chi connectivity index (χ1) is 10.3. The van der Waals surface area contributed by atoms with E-state index in [1.54, 1.807) is 13.0 Å². The van der Waals surface area contributed by atoms with E-state index in [1.165, 1.54) is 24.3 Å². The highest BCUT2D eigenvalue weighted by atomic mass is 32.2. The Hall–Kier alpha value is -1.77. The average molecular weight is 343 g/mol. The minimum Gasteiger partial charge on any atom is -0.481 e. The van der Waals surface area contributed by atoms with Crippen molar-refractivity contribution in [3.8, 4) is 0 Å². The average Bonchev–Trinajstić information content (AvgIpc) is 2.85. The number of carboxylic acids is 1. The van der Waals surface area contributed by atoms with Crippen LogP contribution in [0.25, 0.3) is 0 Å². The van der Waals surface area contributed by atoms with Gasteiger partial charge in [-0.1, -0.05) is 18.2 Å². The lowest BCUT2D eigenvalue weighted by Gasteiger charge is -2.17. The number of nitrogens with one attached hydrogen (secondary N) is 1. The molecule has 0 aliphatic carbocycles. The van der Waals surface area contributed by atoms with Crippen molar-refractivity contribution in [3.05, 3.63) is 52.7 Å². The number of carboxylic acid groups (broad SMARTS) is 1. The molecule has 0 amide bonds. The number of halogens is 1. The van der Waals surface area contributed by atoms with Crippen molar-refractivity contribution in [1.82, 2.24) is 4.72 Å². The second kappa shape index (κ2) is 6.55. The number of thiophene rings is 1. The Morgan fingerprint density at radius 2 is 2.00 bits per heavy atom. The van der Waals surface area contributed by atoms with E-state index in [0.29, 0.717) is 0 Å². The van der Waals surface area contributed by atoms with E-state index in [0.717, 1.165) is 22.3 Å². The van der Waals surface area contributed by atoms with Crippen LogP contribution in [0.15, 0.2) is 40.6 Å². The maximum Gasteiger partial charge on any atom is 0.305 e. The standard InChI is InChI=1S/C14H14FNO4S2/c1-9-6-7-14(21-9)22(19,20)16-12(8-13(17)18)10-4-2-3-5-11(10)15/h2-7,12,16H,8H2,1H3,(H,17,18). The first-order valence-electron chi connectivity index (χ1n) is 6.34. The second-order valence-electron chi connectivity index (χ2n) is 4.66. The maximum absolute atomic E-state index is 13.8. The van der Waals surface area contributed by atoms with Gasteiger partial charge in [0.1, 0.15) is 10.0 Å². The molecule has 1 atom stereocenters. The SMILES string of the molecule is Cc1ccc(S(=O)(=O)NC(CC(=O)O)c2ccccc2F)s1. The molecular formula is C14H14FNO4S2. The molecule has 1 unspecified atom stereocenters. The molecule has 5 nitrogen and oxygen atoms in total. The lowest BCUT2D eigenvalue weighted by Crippen LogP contribution is -2.30. The molecule has 0 aliphatic rings. The summed E-state index contributed by atoms with van der Waals surface area (Å²) < 4.78 is 40.8. The van der Waals surface area contributed by atoms with E-state index in [-0.39, 0.29) is 9.77 Å². The zero-order valence-electron chi connectivity index (χ0n) is 11.6. The maximum atomic E-state index is 13.8. The number of rotatable bonds is 6. The van der Waals surface area contributed by atoms with Crippen LogP contribution in [-0.4, -0.2) is 19.5 Å². The zero-order chi connectivity index (χ0) is 16.3. The van der Waals surface area contributed by atoms with Crippen LogP contribution in [0, 0.1) is 12.7 Å². The highest BCUT2D eigenvalue weighted by Gasteiger charge is 2.26. The highest BCUT2D eigenvalue weighted by molar-refractivity contribution is 7.91. The van der Waals surface area contributed by atoms with Crippen molar-refractivity contribution < 1.29 is 22.7 Å². The molecule has 8 heteroatoms. The molecule has 118 valence electrons. The lowest BCUT2D eigenvalue weighted by molar-refractivity contribution is -0.137. The van der Waals surface area contributed by atoms with Crippen LogP contribution in [0.2, 0.25) is 0 Å². The number of aliphatic carboxylic acids is 1. The summed E-state index contributed by atoms with van der Waals surface area (Å²) in [4.78, 5) is 11.8. The first kappa shape index (κ1) is 16.6. The summed E-state index contributed by atoms with van der Waals surface area (Å²) in [6, 6.07) is 7.41. The predicted molar refractivity (Wildman–Crippen MR) is 80.8 cm³/mol. The molecule has 0 radical (unpaired) electrons. The Bertz CT molecular complexity index is 786. The van der Waals surface area contributed by atoms with E-state index >= 15 is 0 Å². The van der Waals surface area contributed by atoms with E-state index in [1.807, 2.05) is 0 Å². The van der Waals surface area contributed by atoms with Crippen LogP contribution >= 0.6 is 11.3 Å². The van der Waals surface area contributed by atoms with Gasteiger partial charge in [-0.2, -0.15) is 0 Å². The third-order valence-corrected chi connectivity index (χ3v) is 5.90. The summed E-state index contributed by atoms with van der Waals surface area (Å²) in [5.74, 6) is -1.88. The molecule has 1 heterocycles. The lowest BCUT2D eigenvalue weighted by atomic mass is 10.0. The zero-order valence-corrected chi connectivity index (χ0v) is 13.2. The van der Waals surface area contributed by atoms with Gasteiger partial charge < -0.3 is 5.11 Å². The molecule has 0 fully saturated rings. The van der Waals surface area contributed by atoms with Crippen molar-refractivity contribution in [3.63, 3.8) is 0 Å². The van der Waals surface area contributed by atoms with Crippen molar-refractivity contribution in [2.24, 2.45) is 0 Å². The van der Waals surface area contributed by atoms with Crippen molar-refractivity contribution in [2.45, 2.75) is 23.6 Å². The molecule has 2 aromatic rings. The molecule has 1 aromatic carbocycles. The van der Waals surface area contributed by atoms with Gasteiger partial charge >= 0.3 is 5.97 Å². The molecule has 22 heavy (non-hydrogen) atoms. The number of benzene rings is 1. The predicted octanol–water partition coefficient (Wildman–Crippen LogP) is 2.69. The number of sulfonamides is 1. The smallest absolute Gasteiger partial charge is 0.305 e. The Balaban J connectivity index is 2.35. The molecule has 2 rings (SSSR count). The van der Waals surface area contributed by atoms with Crippen LogP contribution in [0.1, 0.15) is 22.9 Å². The molecule has 0 bridgehead atoms. The van der Waals surface area contributed by atoms with E-state index < -0.39 is 34.3 Å². The molecule has 1 aromatic heterocycles. The van der Waals surface area contributed by atoms with Crippen LogP contribution in [-0.2, 0) is 14.8 Å². The number of hydrogen-bond donors (Lipinski definition) is 2. The fourth-order valence-corrected chi connectivity index (χ4v) is 4.46. The van der Waals surface area contributed by atoms with Gasteiger partial charge in [-0.05, 0) is 25.1 Å². The Kier molecular flexibility index (Phi) is 4.94. The minimum atomic E-state index is -3.91. The molecule has 0 aliphatic heterocycles. The van der Waals surface area contributed by atoms with Gasteiger partial charge in [-0.15, -0.1) is 11.3 Å². The van der Waals surface area contributed by atoms with Gasteiger partial charge in [0, 0.05) is 10.4 Å². The topological polar surface area (TPSA) is 83.5 Å². The number of carbonyl (C=O) groups is 1. The summed E-state index contributed by atoms with van der Waals surface area (Å²) >= 11 is 1.06. The van der Waals surface area contributed by atoms with E-state index in [4.69, 9.17) is 5.11 Å². The van der Waals surface area contributed by atoms with Gasteiger partial charge in [0.05, 0.1) is 12.5 Å². The minimum absolute atomic E-state index is 0.00162. The van der Waals surface area contributed by atoms with Gasteiger partial charge in [-0.25, -0.2) is 17.5 Å². The summed E-state index contributed by atoms with van der Waals surface area (Å²) in [7, 11) is -3.91. The van der Waals surface area contributed by atoms with Crippen LogP contribution in [0.3, 0.4) is 0 Å². The third-order valence-electron chi connectivity index (χ3n) is 2.94. The van der Waals surface area contributed by atoms with Crippen LogP contribution in [0.4, 0.5) is 4.39 Å². The number of hydrogen-bond acceptors (Lipinski definition) is 4. The molecular weight excluding hydrogens is 329 g/mol. The Labute approximate surface area is 131 Å². The van der Waals surface area contributed by atoms with Crippen molar-refractivity contribution in [1.29, 1.82) is 0 Å². The normalized spacial score (nSPS) is 13.0. The van der Waals surface area contributed by atoms with Crippen LogP contribution in [0.5, 0.6) is 0 Å². The Morgan fingerprint density at radius 3 is 2.55 bits per heavy atom. The van der Waals surface area contributed by atoms with Gasteiger partial charge in [-0.3, -0.25) is 4.79 Å². The molecule has 0 saturated carbocycles. The quantitative estimate of drug-likeness (QED) is 0.845. The monoisotopic (exact) mass is 343 g/mol. The van der Waals surface area contributed by atoms with Crippen molar-refractivity contribution in [2.75, 3.05) is 0 Å². The molecule has 0 spiro atoms. The number of aryl methyl sites for hydroxylation is 1. The third kappa shape index (κ3) is 3.90. The fraction of sp³-hybridized carbons (Fsp3) is 0.214. The summed E-state index contributed by atoms with van der Waals surface area (Å²) in [5, 5.41) is 8.95. The van der Waals surface area contributed by atoms with Crippen LogP contribution < -0.4 is 4.72 Å².